The van der Waals surface area contributed by atoms with Crippen LogP contribution in [0.4, 0.5) is 5.69 Å². The molecule has 0 saturated carbocycles. The van der Waals surface area contributed by atoms with Gasteiger partial charge in [-0.25, -0.2) is 0 Å². The zero-order chi connectivity index (χ0) is 14.4. The van der Waals surface area contributed by atoms with Crippen molar-refractivity contribution in [1.29, 1.82) is 0 Å². The van der Waals surface area contributed by atoms with Crippen LogP contribution in [0.1, 0.15) is 6.92 Å². The molecule has 0 atom stereocenters. The number of anilines is 1. The van der Waals surface area contributed by atoms with Crippen LogP contribution in [0, 0.1) is 0 Å². The van der Waals surface area contributed by atoms with Crippen LogP contribution in [0.5, 0.6) is 5.75 Å². The Morgan fingerprint density at radius 1 is 1.25 bits per heavy atom. The number of hydrogen-bond donors (Lipinski definition) is 2. The average molecular weight is 293 g/mol. The summed E-state index contributed by atoms with van der Waals surface area (Å²) in [5.74, 6) is 0.110. The number of ether oxygens (including phenoxy) is 1. The van der Waals surface area contributed by atoms with E-state index in [-0.39, 0.29) is 0 Å². The lowest BCUT2D eigenvalue weighted by Gasteiger charge is -2.07. The fraction of sp³-hybridized carbons (Fsp3) is 0.308. The summed E-state index contributed by atoms with van der Waals surface area (Å²) in [6.45, 7) is 3.14. The number of aliphatic imine (C=N–C) groups is 1. The maximum absolute atomic E-state index is 11.7. The van der Waals surface area contributed by atoms with E-state index in [1.54, 1.807) is 24.3 Å². The number of hydrogen-bond acceptors (Lipinski definition) is 5. The number of carbonyl (C=O) groups is 2. The van der Waals surface area contributed by atoms with E-state index in [9.17, 15) is 9.59 Å². The topological polar surface area (TPSA) is 79.8 Å². The van der Waals surface area contributed by atoms with Gasteiger partial charge in [-0.1, -0.05) is 11.8 Å². The minimum absolute atomic E-state index is 0.497. The van der Waals surface area contributed by atoms with Crippen molar-refractivity contribution < 1.29 is 14.3 Å². The molecule has 0 unspecified atom stereocenters. The molecule has 0 radical (unpaired) electrons. The number of amidine groups is 1. The summed E-state index contributed by atoms with van der Waals surface area (Å²) < 4.78 is 5.29. The van der Waals surface area contributed by atoms with Crippen LogP contribution in [0.15, 0.2) is 29.3 Å². The summed E-state index contributed by atoms with van der Waals surface area (Å²) in [5, 5.41) is 5.48. The van der Waals surface area contributed by atoms with Crippen molar-refractivity contribution in [1.82, 2.24) is 5.32 Å². The van der Waals surface area contributed by atoms with Gasteiger partial charge in [0.15, 0.2) is 5.17 Å². The molecular weight excluding hydrogens is 278 g/mol. The number of carbonyl (C=O) groups excluding carboxylic acids is 2. The van der Waals surface area contributed by atoms with Crippen LogP contribution in [-0.4, -0.2) is 35.9 Å². The van der Waals surface area contributed by atoms with E-state index in [4.69, 9.17) is 4.74 Å². The van der Waals surface area contributed by atoms with E-state index >= 15 is 0 Å². The summed E-state index contributed by atoms with van der Waals surface area (Å²) in [6.07, 6.45) is 0. The summed E-state index contributed by atoms with van der Waals surface area (Å²) in [7, 11) is 0. The highest BCUT2D eigenvalue weighted by Gasteiger charge is 2.17. The second-order valence-electron chi connectivity index (χ2n) is 3.90. The molecule has 1 aliphatic heterocycles. The van der Waals surface area contributed by atoms with E-state index in [1.807, 2.05) is 6.92 Å². The highest BCUT2D eigenvalue weighted by atomic mass is 32.2. The molecule has 1 aromatic carbocycles. The average Bonchev–Trinajstić information content (AvgIpc) is 2.94. The monoisotopic (exact) mass is 293 g/mol. The third kappa shape index (κ3) is 3.99. The van der Waals surface area contributed by atoms with Crippen LogP contribution < -0.4 is 15.4 Å². The maximum atomic E-state index is 11.7. The number of amides is 2. The Morgan fingerprint density at radius 2 is 1.95 bits per heavy atom. The quantitative estimate of drug-likeness (QED) is 0.822. The summed E-state index contributed by atoms with van der Waals surface area (Å²) in [5.41, 5.74) is 0.537. The Morgan fingerprint density at radius 3 is 2.55 bits per heavy atom. The summed E-state index contributed by atoms with van der Waals surface area (Å²) >= 11 is 1.42. The largest absolute Gasteiger partial charge is 0.494 e. The standard InChI is InChI=1S/C13H15N3O3S/c1-2-19-10-5-3-9(4-6-10)15-11(17)12(18)16-13-14-7-8-20-13/h3-6H,2,7-8H2,1H3,(H,15,17)(H,14,16,18). The van der Waals surface area contributed by atoms with Crippen LogP contribution >= 0.6 is 11.8 Å². The molecule has 2 rings (SSSR count). The van der Waals surface area contributed by atoms with Crippen molar-refractivity contribution >= 4 is 34.4 Å². The smallest absolute Gasteiger partial charge is 0.315 e. The van der Waals surface area contributed by atoms with Crippen LogP contribution in [0.25, 0.3) is 0 Å². The molecule has 0 bridgehead atoms. The lowest BCUT2D eigenvalue weighted by Crippen LogP contribution is -2.37. The molecule has 106 valence electrons. The molecule has 1 heterocycles. The summed E-state index contributed by atoms with van der Waals surface area (Å²) in [4.78, 5) is 27.4. The molecule has 0 saturated heterocycles. The zero-order valence-corrected chi connectivity index (χ0v) is 11.8. The normalized spacial score (nSPS) is 13.6. The van der Waals surface area contributed by atoms with Crippen molar-refractivity contribution in [2.45, 2.75) is 6.92 Å². The minimum atomic E-state index is -0.718. The molecular formula is C13H15N3O3S. The highest BCUT2D eigenvalue weighted by molar-refractivity contribution is 8.14. The van der Waals surface area contributed by atoms with Gasteiger partial charge in [0.2, 0.25) is 0 Å². The third-order valence-corrected chi connectivity index (χ3v) is 3.33. The van der Waals surface area contributed by atoms with Crippen molar-refractivity contribution in [2.75, 3.05) is 24.2 Å². The van der Waals surface area contributed by atoms with E-state index in [2.05, 4.69) is 15.6 Å². The fourth-order valence-electron chi connectivity index (χ4n) is 1.55. The molecule has 2 N–H and O–H groups in total. The number of nitrogens with one attached hydrogen (secondary N) is 2. The molecule has 0 spiro atoms. The van der Waals surface area contributed by atoms with Crippen LogP contribution in [0.2, 0.25) is 0 Å². The lowest BCUT2D eigenvalue weighted by atomic mass is 10.3. The number of nitrogens with zero attached hydrogens (tertiary/aromatic N) is 1. The van der Waals surface area contributed by atoms with Crippen LogP contribution in [-0.2, 0) is 9.59 Å². The number of rotatable bonds is 3. The van der Waals surface area contributed by atoms with Gasteiger partial charge in [0.1, 0.15) is 5.75 Å². The summed E-state index contributed by atoms with van der Waals surface area (Å²) in [6, 6.07) is 6.82. The first kappa shape index (κ1) is 14.4. The Bertz CT molecular complexity index is 528. The van der Waals surface area contributed by atoms with Gasteiger partial charge in [0.05, 0.1) is 13.2 Å². The van der Waals surface area contributed by atoms with E-state index in [1.165, 1.54) is 11.8 Å². The van der Waals surface area contributed by atoms with Gasteiger partial charge >= 0.3 is 11.8 Å². The molecule has 1 aromatic rings. The van der Waals surface area contributed by atoms with Crippen LogP contribution in [0.3, 0.4) is 0 Å². The van der Waals surface area contributed by atoms with E-state index < -0.39 is 11.8 Å². The first-order valence-corrected chi connectivity index (χ1v) is 7.20. The number of thioether (sulfide) groups is 1. The molecule has 1 aliphatic rings. The molecule has 0 aromatic heterocycles. The van der Waals surface area contributed by atoms with E-state index in [0.29, 0.717) is 29.8 Å². The predicted molar refractivity (Wildman–Crippen MR) is 79.1 cm³/mol. The van der Waals surface area contributed by atoms with Crippen molar-refractivity contribution in [3.05, 3.63) is 24.3 Å². The second kappa shape index (κ2) is 6.95. The van der Waals surface area contributed by atoms with Crippen molar-refractivity contribution in [3.8, 4) is 5.75 Å². The SMILES string of the molecule is CCOc1ccc(NC(=O)C(=O)NC2=NCCS2)cc1. The lowest BCUT2D eigenvalue weighted by molar-refractivity contribution is -0.135. The Hall–Kier alpha value is -2.02. The van der Waals surface area contributed by atoms with Gasteiger partial charge in [-0.2, -0.15) is 0 Å². The van der Waals surface area contributed by atoms with Crippen molar-refractivity contribution in [2.24, 2.45) is 4.99 Å². The fourth-order valence-corrected chi connectivity index (χ4v) is 2.28. The zero-order valence-electron chi connectivity index (χ0n) is 11.0. The maximum Gasteiger partial charge on any atom is 0.315 e. The molecule has 7 heteroatoms. The van der Waals surface area contributed by atoms with Gasteiger partial charge in [0, 0.05) is 11.4 Å². The predicted octanol–water partition coefficient (Wildman–Crippen LogP) is 1.24. The Labute approximate surface area is 121 Å². The molecule has 0 aliphatic carbocycles. The van der Waals surface area contributed by atoms with Gasteiger partial charge < -0.3 is 10.1 Å². The van der Waals surface area contributed by atoms with Gasteiger partial charge in [0.25, 0.3) is 0 Å². The minimum Gasteiger partial charge on any atom is -0.494 e. The Kier molecular flexibility index (Phi) is 5.00. The van der Waals surface area contributed by atoms with Gasteiger partial charge in [-0.15, -0.1) is 0 Å². The second-order valence-corrected chi connectivity index (χ2v) is 4.98. The van der Waals surface area contributed by atoms with E-state index in [0.717, 1.165) is 5.75 Å². The molecule has 6 nitrogen and oxygen atoms in total. The van der Waals surface area contributed by atoms with Gasteiger partial charge in [-0.3, -0.25) is 19.9 Å². The molecule has 20 heavy (non-hydrogen) atoms. The number of benzene rings is 1. The first-order valence-electron chi connectivity index (χ1n) is 6.21. The van der Waals surface area contributed by atoms with Crippen molar-refractivity contribution in [3.63, 3.8) is 0 Å². The highest BCUT2D eigenvalue weighted by Crippen LogP contribution is 2.15. The third-order valence-electron chi connectivity index (χ3n) is 2.44. The molecule has 2 amide bonds. The first-order chi connectivity index (χ1) is 9.69. The molecule has 0 fully saturated rings. The van der Waals surface area contributed by atoms with Gasteiger partial charge in [-0.05, 0) is 31.2 Å². The Balaban J connectivity index is 1.88.